The van der Waals surface area contributed by atoms with E-state index in [1.54, 1.807) is 20.3 Å². The van der Waals surface area contributed by atoms with Crippen LogP contribution >= 0.6 is 31.9 Å². The van der Waals surface area contributed by atoms with Gasteiger partial charge in [-0.3, -0.25) is 4.79 Å². The van der Waals surface area contributed by atoms with Crippen LogP contribution in [0.15, 0.2) is 27.1 Å². The molecule has 0 aliphatic carbocycles. The summed E-state index contributed by atoms with van der Waals surface area (Å²) < 4.78 is 11.8. The monoisotopic (exact) mass is 379 g/mol. The Bertz CT molecular complexity index is 412. The number of amides is 1. The molecular formula is C12H15Br2NO3. The van der Waals surface area contributed by atoms with Gasteiger partial charge in [-0.2, -0.15) is 0 Å². The van der Waals surface area contributed by atoms with Crippen LogP contribution in [-0.2, 0) is 9.47 Å². The van der Waals surface area contributed by atoms with Crippen LogP contribution in [0.25, 0.3) is 0 Å². The maximum atomic E-state index is 11.9. The van der Waals surface area contributed by atoms with Gasteiger partial charge in [-0.15, -0.1) is 0 Å². The lowest BCUT2D eigenvalue weighted by atomic mass is 10.2. The van der Waals surface area contributed by atoms with Gasteiger partial charge in [0.1, 0.15) is 0 Å². The summed E-state index contributed by atoms with van der Waals surface area (Å²) in [6.45, 7) is 0.851. The number of carbonyl (C=O) groups excluding carboxylic acids is 1. The fourth-order valence-electron chi connectivity index (χ4n) is 1.37. The summed E-state index contributed by atoms with van der Waals surface area (Å²) in [6.07, 6.45) is -0.145. The molecule has 100 valence electrons. The van der Waals surface area contributed by atoms with Crippen LogP contribution in [0.1, 0.15) is 10.4 Å². The molecule has 18 heavy (non-hydrogen) atoms. The number of rotatable bonds is 6. The molecule has 4 nitrogen and oxygen atoms in total. The highest BCUT2D eigenvalue weighted by Gasteiger charge is 2.13. The van der Waals surface area contributed by atoms with Crippen molar-refractivity contribution in [2.45, 2.75) is 6.10 Å². The van der Waals surface area contributed by atoms with Gasteiger partial charge in [0.2, 0.25) is 0 Å². The lowest BCUT2D eigenvalue weighted by molar-refractivity contribution is 0.0285. The van der Waals surface area contributed by atoms with Crippen molar-refractivity contribution >= 4 is 37.8 Å². The van der Waals surface area contributed by atoms with Crippen molar-refractivity contribution in [2.24, 2.45) is 0 Å². The molecule has 1 unspecified atom stereocenters. The Balaban J connectivity index is 2.59. The van der Waals surface area contributed by atoms with Crippen molar-refractivity contribution in [3.05, 3.63) is 32.7 Å². The Hall–Kier alpha value is -0.430. The van der Waals surface area contributed by atoms with Crippen molar-refractivity contribution in [3.8, 4) is 0 Å². The molecule has 0 saturated carbocycles. The number of methoxy groups -OCH3 is 2. The fourth-order valence-corrected chi connectivity index (χ4v) is 2.60. The molecule has 1 aromatic carbocycles. The quantitative estimate of drug-likeness (QED) is 0.825. The van der Waals surface area contributed by atoms with E-state index in [4.69, 9.17) is 9.47 Å². The molecule has 1 atom stereocenters. The van der Waals surface area contributed by atoms with Crippen molar-refractivity contribution in [2.75, 3.05) is 27.4 Å². The minimum Gasteiger partial charge on any atom is -0.382 e. The molecule has 0 fully saturated rings. The van der Waals surface area contributed by atoms with Crippen LogP contribution in [0.5, 0.6) is 0 Å². The number of hydrogen-bond donors (Lipinski definition) is 1. The topological polar surface area (TPSA) is 47.6 Å². The van der Waals surface area contributed by atoms with Gasteiger partial charge in [0.15, 0.2) is 0 Å². The highest BCUT2D eigenvalue weighted by molar-refractivity contribution is 9.11. The van der Waals surface area contributed by atoms with Gasteiger partial charge in [0, 0.05) is 29.7 Å². The number of halogens is 2. The first kappa shape index (κ1) is 15.6. The highest BCUT2D eigenvalue weighted by Crippen LogP contribution is 2.21. The molecule has 0 aromatic heterocycles. The van der Waals surface area contributed by atoms with E-state index in [0.717, 1.165) is 8.95 Å². The summed E-state index contributed by atoms with van der Waals surface area (Å²) >= 11 is 6.70. The minimum atomic E-state index is -0.146. The number of carbonyl (C=O) groups is 1. The van der Waals surface area contributed by atoms with Crippen molar-refractivity contribution in [3.63, 3.8) is 0 Å². The predicted molar refractivity (Wildman–Crippen MR) is 76.8 cm³/mol. The zero-order valence-corrected chi connectivity index (χ0v) is 13.4. The lowest BCUT2D eigenvalue weighted by Crippen LogP contribution is -2.35. The number of ether oxygens (including phenoxy) is 2. The third kappa shape index (κ3) is 4.68. The van der Waals surface area contributed by atoms with Gasteiger partial charge in [-0.05, 0) is 34.1 Å². The molecule has 0 saturated heterocycles. The first-order chi connectivity index (χ1) is 8.58. The van der Waals surface area contributed by atoms with E-state index in [9.17, 15) is 4.79 Å². The van der Waals surface area contributed by atoms with E-state index in [2.05, 4.69) is 37.2 Å². The normalized spacial score (nSPS) is 12.2. The van der Waals surface area contributed by atoms with Gasteiger partial charge in [0.25, 0.3) is 5.91 Å². The van der Waals surface area contributed by atoms with Crippen LogP contribution < -0.4 is 5.32 Å². The first-order valence-electron chi connectivity index (χ1n) is 5.33. The van der Waals surface area contributed by atoms with Gasteiger partial charge in [-0.25, -0.2) is 0 Å². The Morgan fingerprint density at radius 3 is 2.67 bits per heavy atom. The third-order valence-corrected chi connectivity index (χ3v) is 3.50. The van der Waals surface area contributed by atoms with E-state index in [-0.39, 0.29) is 12.0 Å². The Morgan fingerprint density at radius 1 is 1.39 bits per heavy atom. The van der Waals surface area contributed by atoms with E-state index in [0.29, 0.717) is 18.7 Å². The van der Waals surface area contributed by atoms with E-state index < -0.39 is 0 Å². The first-order valence-corrected chi connectivity index (χ1v) is 6.92. The molecule has 0 heterocycles. The average molecular weight is 381 g/mol. The maximum Gasteiger partial charge on any atom is 0.252 e. The van der Waals surface area contributed by atoms with Gasteiger partial charge < -0.3 is 14.8 Å². The molecule has 0 spiro atoms. The van der Waals surface area contributed by atoms with Crippen LogP contribution in [0.4, 0.5) is 0 Å². The Kier molecular flexibility index (Phi) is 6.85. The molecule has 1 rings (SSSR count). The minimum absolute atomic E-state index is 0.145. The molecular weight excluding hydrogens is 366 g/mol. The molecule has 1 N–H and O–H groups in total. The van der Waals surface area contributed by atoms with Crippen LogP contribution in [0.3, 0.4) is 0 Å². The van der Waals surface area contributed by atoms with Crippen LogP contribution in [0.2, 0.25) is 0 Å². The standard InChI is InChI=1S/C12H15Br2NO3/c1-17-7-9(18-2)6-15-12(16)10-4-3-8(13)5-11(10)14/h3-5,9H,6-7H2,1-2H3,(H,15,16). The Labute approximate surface area is 123 Å². The molecule has 6 heteroatoms. The number of benzene rings is 1. The summed E-state index contributed by atoms with van der Waals surface area (Å²) in [7, 11) is 3.19. The smallest absolute Gasteiger partial charge is 0.252 e. The van der Waals surface area contributed by atoms with Crippen molar-refractivity contribution < 1.29 is 14.3 Å². The van der Waals surface area contributed by atoms with Gasteiger partial charge >= 0.3 is 0 Å². The maximum absolute atomic E-state index is 11.9. The van der Waals surface area contributed by atoms with E-state index >= 15 is 0 Å². The summed E-state index contributed by atoms with van der Waals surface area (Å²) in [4.78, 5) is 11.9. The SMILES string of the molecule is COCC(CNC(=O)c1ccc(Br)cc1Br)OC. The van der Waals surface area contributed by atoms with Crippen LogP contribution in [0, 0.1) is 0 Å². The highest BCUT2D eigenvalue weighted by atomic mass is 79.9. The van der Waals surface area contributed by atoms with Crippen LogP contribution in [-0.4, -0.2) is 39.4 Å². The second kappa shape index (κ2) is 7.89. The summed E-state index contributed by atoms with van der Waals surface area (Å²) in [5, 5.41) is 2.81. The van der Waals surface area contributed by atoms with E-state index in [1.807, 2.05) is 12.1 Å². The van der Waals surface area contributed by atoms with Gasteiger partial charge in [0.05, 0.1) is 18.3 Å². The molecule has 1 amide bonds. The zero-order chi connectivity index (χ0) is 13.5. The molecule has 1 aromatic rings. The number of hydrogen-bond acceptors (Lipinski definition) is 3. The second-order valence-electron chi connectivity index (χ2n) is 3.65. The lowest BCUT2D eigenvalue weighted by Gasteiger charge is -2.15. The fraction of sp³-hybridized carbons (Fsp3) is 0.417. The summed E-state index contributed by atoms with van der Waals surface area (Å²) in [6, 6.07) is 5.40. The molecule has 0 radical (unpaired) electrons. The predicted octanol–water partition coefficient (Wildman–Crippen LogP) is 2.60. The molecule has 0 bridgehead atoms. The summed E-state index contributed by atoms with van der Waals surface area (Å²) in [5.74, 6) is -0.146. The molecule has 0 aliphatic heterocycles. The zero-order valence-electron chi connectivity index (χ0n) is 10.2. The van der Waals surface area contributed by atoms with Crippen molar-refractivity contribution in [1.82, 2.24) is 5.32 Å². The van der Waals surface area contributed by atoms with Crippen molar-refractivity contribution in [1.29, 1.82) is 0 Å². The van der Waals surface area contributed by atoms with Gasteiger partial charge in [-0.1, -0.05) is 15.9 Å². The second-order valence-corrected chi connectivity index (χ2v) is 5.42. The third-order valence-electron chi connectivity index (χ3n) is 2.35. The summed E-state index contributed by atoms with van der Waals surface area (Å²) in [5.41, 5.74) is 0.588. The largest absolute Gasteiger partial charge is 0.382 e. The Morgan fingerprint density at radius 2 is 2.11 bits per heavy atom. The average Bonchev–Trinajstić information content (AvgIpc) is 2.34. The van der Waals surface area contributed by atoms with E-state index in [1.165, 1.54) is 0 Å². The molecule has 0 aliphatic rings. The number of nitrogens with one attached hydrogen (secondary N) is 1.